The summed E-state index contributed by atoms with van der Waals surface area (Å²) in [6, 6.07) is 11.8. The van der Waals surface area contributed by atoms with Crippen LogP contribution in [0.25, 0.3) is 11.5 Å². The predicted molar refractivity (Wildman–Crippen MR) is 94.8 cm³/mol. The number of aromatic nitrogens is 2. The highest BCUT2D eigenvalue weighted by Gasteiger charge is 2.17. The van der Waals surface area contributed by atoms with Gasteiger partial charge in [-0.05, 0) is 43.3 Å². The highest BCUT2D eigenvalue weighted by atomic mass is 32.2. The van der Waals surface area contributed by atoms with Crippen molar-refractivity contribution < 1.29 is 18.0 Å². The average Bonchev–Trinajstić information content (AvgIpc) is 3.11. The van der Waals surface area contributed by atoms with Crippen molar-refractivity contribution in [2.24, 2.45) is 0 Å². The van der Waals surface area contributed by atoms with Crippen molar-refractivity contribution in [2.45, 2.75) is 12.1 Å². The van der Waals surface area contributed by atoms with E-state index in [1.807, 2.05) is 6.92 Å². The number of carbonyl (C=O) groups excluding carboxylic acids is 1. The number of amides is 1. The van der Waals surface area contributed by atoms with E-state index in [1.165, 1.54) is 29.2 Å². The van der Waals surface area contributed by atoms with E-state index in [2.05, 4.69) is 10.2 Å². The molecule has 0 bridgehead atoms. The summed E-state index contributed by atoms with van der Waals surface area (Å²) in [5.74, 6) is -0.890. The Morgan fingerprint density at radius 2 is 1.85 bits per heavy atom. The van der Waals surface area contributed by atoms with Crippen molar-refractivity contribution in [1.29, 1.82) is 0 Å². The molecule has 8 heteroatoms. The van der Waals surface area contributed by atoms with Crippen LogP contribution in [0.1, 0.15) is 6.92 Å². The first-order chi connectivity index (χ1) is 12.6. The smallest absolute Gasteiger partial charge is 0.277 e. The van der Waals surface area contributed by atoms with Gasteiger partial charge in [0.15, 0.2) is 0 Å². The van der Waals surface area contributed by atoms with E-state index in [0.717, 1.165) is 11.8 Å². The zero-order valence-electron chi connectivity index (χ0n) is 13.9. The van der Waals surface area contributed by atoms with Crippen molar-refractivity contribution in [3.63, 3.8) is 0 Å². The summed E-state index contributed by atoms with van der Waals surface area (Å²) in [5.41, 5.74) is 0.816. The third kappa shape index (κ3) is 4.08. The monoisotopic (exact) mass is 375 g/mol. The Bertz CT molecular complexity index is 899. The van der Waals surface area contributed by atoms with Crippen LogP contribution in [-0.4, -0.2) is 28.4 Å². The molecule has 0 atom stereocenters. The van der Waals surface area contributed by atoms with Crippen LogP contribution < -0.4 is 4.90 Å². The van der Waals surface area contributed by atoms with Crippen LogP contribution in [0, 0.1) is 11.6 Å². The van der Waals surface area contributed by atoms with Gasteiger partial charge in [0.25, 0.3) is 11.1 Å². The van der Waals surface area contributed by atoms with Gasteiger partial charge in [0.05, 0.1) is 11.3 Å². The fourth-order valence-electron chi connectivity index (χ4n) is 2.34. The standard InChI is InChI=1S/C18H15F2N3O2S/c1-2-23(13-9-7-12(19)8-10-13)16(24)11-26-18-22-21-17(25-18)14-5-3-4-6-15(14)20/h3-10H,2,11H2,1H3. The predicted octanol–water partition coefficient (Wildman–Crippen LogP) is 4.16. The van der Waals surface area contributed by atoms with Crippen molar-refractivity contribution in [1.82, 2.24) is 10.2 Å². The molecule has 26 heavy (non-hydrogen) atoms. The van der Waals surface area contributed by atoms with Gasteiger partial charge in [-0.1, -0.05) is 23.9 Å². The summed E-state index contributed by atoms with van der Waals surface area (Å²) in [4.78, 5) is 14.0. The topological polar surface area (TPSA) is 59.2 Å². The Labute approximate surface area is 153 Å². The Morgan fingerprint density at radius 3 is 2.54 bits per heavy atom. The Balaban J connectivity index is 1.66. The van der Waals surface area contributed by atoms with Gasteiger partial charge in [-0.15, -0.1) is 10.2 Å². The number of hydrogen-bond acceptors (Lipinski definition) is 5. The summed E-state index contributed by atoms with van der Waals surface area (Å²) in [6.07, 6.45) is 0. The van der Waals surface area contributed by atoms with E-state index in [1.54, 1.807) is 24.3 Å². The third-order valence-corrected chi connectivity index (χ3v) is 4.39. The van der Waals surface area contributed by atoms with Gasteiger partial charge >= 0.3 is 0 Å². The van der Waals surface area contributed by atoms with Crippen molar-refractivity contribution in [3.05, 3.63) is 60.2 Å². The number of halogens is 2. The number of thioether (sulfide) groups is 1. The maximum Gasteiger partial charge on any atom is 0.277 e. The molecule has 2 aromatic carbocycles. The van der Waals surface area contributed by atoms with Gasteiger partial charge in [0.2, 0.25) is 5.91 Å². The fraction of sp³-hybridized carbons (Fsp3) is 0.167. The maximum atomic E-state index is 13.7. The average molecular weight is 375 g/mol. The second-order valence-corrected chi connectivity index (χ2v) is 6.18. The van der Waals surface area contributed by atoms with E-state index in [4.69, 9.17) is 4.42 Å². The van der Waals surface area contributed by atoms with Crippen LogP contribution in [-0.2, 0) is 4.79 Å². The molecule has 1 aromatic heterocycles. The van der Waals surface area contributed by atoms with Crippen LogP contribution in [0.3, 0.4) is 0 Å². The molecular formula is C18H15F2N3O2S. The van der Waals surface area contributed by atoms with Crippen LogP contribution in [0.4, 0.5) is 14.5 Å². The molecule has 0 fully saturated rings. The second-order valence-electron chi connectivity index (χ2n) is 5.26. The molecule has 0 aliphatic rings. The number of carbonyl (C=O) groups is 1. The normalized spacial score (nSPS) is 10.7. The number of nitrogens with zero attached hydrogens (tertiary/aromatic N) is 3. The van der Waals surface area contributed by atoms with Gasteiger partial charge in [0, 0.05) is 12.2 Å². The SMILES string of the molecule is CCN(C(=O)CSc1nnc(-c2ccccc2F)o1)c1ccc(F)cc1. The van der Waals surface area contributed by atoms with E-state index in [-0.39, 0.29) is 34.2 Å². The molecule has 0 spiro atoms. The summed E-state index contributed by atoms with van der Waals surface area (Å²) in [5, 5.41) is 7.82. The van der Waals surface area contributed by atoms with Gasteiger partial charge in [0.1, 0.15) is 11.6 Å². The van der Waals surface area contributed by atoms with Crippen molar-refractivity contribution >= 4 is 23.4 Å². The van der Waals surface area contributed by atoms with Crippen LogP contribution in [0.2, 0.25) is 0 Å². The number of benzene rings is 2. The fourth-order valence-corrected chi connectivity index (χ4v) is 2.98. The molecule has 0 unspecified atom stereocenters. The van der Waals surface area contributed by atoms with E-state index in [0.29, 0.717) is 12.2 Å². The lowest BCUT2D eigenvalue weighted by Crippen LogP contribution is -2.32. The lowest BCUT2D eigenvalue weighted by atomic mass is 10.2. The van der Waals surface area contributed by atoms with Gasteiger partial charge in [-0.2, -0.15) is 0 Å². The molecule has 0 saturated heterocycles. The molecule has 0 radical (unpaired) electrons. The minimum Gasteiger partial charge on any atom is -0.411 e. The van der Waals surface area contributed by atoms with Crippen LogP contribution in [0.15, 0.2) is 58.2 Å². The molecule has 3 aromatic rings. The lowest BCUT2D eigenvalue weighted by molar-refractivity contribution is -0.116. The summed E-state index contributed by atoms with van der Waals surface area (Å²) < 4.78 is 32.2. The molecule has 0 aliphatic carbocycles. The molecule has 0 aliphatic heterocycles. The largest absolute Gasteiger partial charge is 0.411 e. The minimum atomic E-state index is -0.461. The van der Waals surface area contributed by atoms with Gasteiger partial charge in [-0.25, -0.2) is 8.78 Å². The zero-order chi connectivity index (χ0) is 18.5. The highest BCUT2D eigenvalue weighted by Crippen LogP contribution is 2.25. The summed E-state index contributed by atoms with van der Waals surface area (Å²) >= 11 is 1.06. The van der Waals surface area contributed by atoms with Crippen molar-refractivity contribution in [3.8, 4) is 11.5 Å². The third-order valence-electron chi connectivity index (χ3n) is 3.59. The quantitative estimate of drug-likeness (QED) is 0.606. The summed E-state index contributed by atoms with van der Waals surface area (Å²) in [7, 11) is 0. The molecule has 0 saturated carbocycles. The lowest BCUT2D eigenvalue weighted by Gasteiger charge is -2.20. The number of anilines is 1. The first-order valence-electron chi connectivity index (χ1n) is 7.85. The zero-order valence-corrected chi connectivity index (χ0v) is 14.7. The van der Waals surface area contributed by atoms with E-state index < -0.39 is 5.82 Å². The number of hydrogen-bond donors (Lipinski definition) is 0. The van der Waals surface area contributed by atoms with Crippen molar-refractivity contribution in [2.75, 3.05) is 17.2 Å². The van der Waals surface area contributed by atoms with E-state index >= 15 is 0 Å². The molecule has 134 valence electrons. The summed E-state index contributed by atoms with van der Waals surface area (Å²) in [6.45, 7) is 2.27. The second kappa shape index (κ2) is 8.09. The van der Waals surface area contributed by atoms with Gasteiger partial charge < -0.3 is 9.32 Å². The molecule has 1 heterocycles. The molecule has 3 rings (SSSR count). The first kappa shape index (κ1) is 18.1. The first-order valence-corrected chi connectivity index (χ1v) is 8.84. The number of rotatable bonds is 6. The Hall–Kier alpha value is -2.74. The molecule has 1 amide bonds. The Morgan fingerprint density at radius 1 is 1.12 bits per heavy atom. The maximum absolute atomic E-state index is 13.7. The van der Waals surface area contributed by atoms with Crippen LogP contribution >= 0.6 is 11.8 Å². The van der Waals surface area contributed by atoms with E-state index in [9.17, 15) is 13.6 Å². The minimum absolute atomic E-state index is 0.0592. The molecule has 0 N–H and O–H groups in total. The highest BCUT2D eigenvalue weighted by molar-refractivity contribution is 7.99. The van der Waals surface area contributed by atoms with Gasteiger partial charge in [-0.3, -0.25) is 4.79 Å². The Kier molecular flexibility index (Phi) is 5.62. The van der Waals surface area contributed by atoms with Crippen LogP contribution in [0.5, 0.6) is 0 Å². The molecular weight excluding hydrogens is 360 g/mol. The molecule has 5 nitrogen and oxygen atoms in total.